The summed E-state index contributed by atoms with van der Waals surface area (Å²) >= 11 is 0. The van der Waals surface area contributed by atoms with E-state index in [1.807, 2.05) is 18.2 Å². The number of nitrogens with two attached hydrogens (primary N) is 1. The number of ether oxygens (including phenoxy) is 1. The van der Waals surface area contributed by atoms with Gasteiger partial charge in [-0.1, -0.05) is 32.0 Å². The second-order valence-corrected chi connectivity index (χ2v) is 6.21. The molecule has 0 radical (unpaired) electrons. The highest BCUT2D eigenvalue weighted by Gasteiger charge is 2.12. The zero-order valence-corrected chi connectivity index (χ0v) is 17.9. The molecule has 0 aromatic heterocycles. The van der Waals surface area contributed by atoms with Crippen LogP contribution < -0.4 is 10.5 Å². The molecule has 2 rings (SSSR count). The minimum Gasteiger partial charge on any atom is -0.492 e. The summed E-state index contributed by atoms with van der Waals surface area (Å²) in [6, 6.07) is 8.12. The van der Waals surface area contributed by atoms with Gasteiger partial charge in [-0.05, 0) is 38.4 Å². The van der Waals surface area contributed by atoms with E-state index in [-0.39, 0.29) is 24.0 Å². The van der Waals surface area contributed by atoms with Crippen LogP contribution in [-0.4, -0.2) is 55.1 Å². The van der Waals surface area contributed by atoms with Crippen molar-refractivity contribution in [3.63, 3.8) is 0 Å². The first-order chi connectivity index (χ1) is 11.7. The molecule has 25 heavy (non-hydrogen) atoms. The van der Waals surface area contributed by atoms with Gasteiger partial charge >= 0.3 is 0 Å². The van der Waals surface area contributed by atoms with Crippen molar-refractivity contribution in [1.82, 2.24) is 9.80 Å². The van der Waals surface area contributed by atoms with Gasteiger partial charge in [0.05, 0.1) is 6.54 Å². The number of guanidine groups is 1. The number of rotatable bonds is 8. The van der Waals surface area contributed by atoms with Crippen molar-refractivity contribution in [3.05, 3.63) is 29.8 Å². The van der Waals surface area contributed by atoms with Gasteiger partial charge in [0.25, 0.3) is 0 Å². The summed E-state index contributed by atoms with van der Waals surface area (Å²) in [5, 5.41) is 0. The van der Waals surface area contributed by atoms with E-state index >= 15 is 0 Å². The van der Waals surface area contributed by atoms with E-state index in [4.69, 9.17) is 10.5 Å². The number of aliphatic imine (C=N–C) groups is 1. The highest BCUT2D eigenvalue weighted by Crippen LogP contribution is 2.19. The molecule has 0 saturated carbocycles. The lowest BCUT2D eigenvalue weighted by atomic mass is 10.1. The van der Waals surface area contributed by atoms with E-state index in [2.05, 4.69) is 34.7 Å². The predicted molar refractivity (Wildman–Crippen MR) is 116 cm³/mol. The van der Waals surface area contributed by atoms with Gasteiger partial charge in [0.2, 0.25) is 0 Å². The summed E-state index contributed by atoms with van der Waals surface area (Å²) < 4.78 is 5.98. The van der Waals surface area contributed by atoms with Crippen molar-refractivity contribution in [3.8, 4) is 5.75 Å². The van der Waals surface area contributed by atoms with Crippen LogP contribution in [0.3, 0.4) is 0 Å². The maximum Gasteiger partial charge on any atom is 0.191 e. The maximum atomic E-state index is 6.15. The maximum absolute atomic E-state index is 6.15. The molecule has 0 unspecified atom stereocenters. The summed E-state index contributed by atoms with van der Waals surface area (Å²) in [6.07, 6.45) is 3.72. The molecule has 1 fully saturated rings. The number of likely N-dealkylation sites (N-methyl/N-ethyl adjacent to an activating group) is 1. The van der Waals surface area contributed by atoms with Crippen LogP contribution in [-0.2, 0) is 6.54 Å². The molecule has 1 aliphatic heterocycles. The normalized spacial score (nSPS) is 15.2. The lowest BCUT2D eigenvalue weighted by molar-refractivity contribution is 0.221. The van der Waals surface area contributed by atoms with E-state index in [9.17, 15) is 0 Å². The van der Waals surface area contributed by atoms with E-state index in [0.29, 0.717) is 19.1 Å². The van der Waals surface area contributed by atoms with Gasteiger partial charge in [-0.3, -0.25) is 0 Å². The van der Waals surface area contributed by atoms with E-state index in [1.54, 1.807) is 0 Å². The van der Waals surface area contributed by atoms with Crippen LogP contribution in [0.4, 0.5) is 0 Å². The molecule has 0 bridgehead atoms. The summed E-state index contributed by atoms with van der Waals surface area (Å²) in [5.41, 5.74) is 7.25. The Morgan fingerprint density at radius 3 is 2.52 bits per heavy atom. The van der Waals surface area contributed by atoms with Crippen molar-refractivity contribution >= 4 is 29.9 Å². The van der Waals surface area contributed by atoms with Gasteiger partial charge in [-0.15, -0.1) is 24.0 Å². The Labute approximate surface area is 169 Å². The third kappa shape index (κ3) is 7.40. The number of piperidine rings is 1. The fourth-order valence-electron chi connectivity index (χ4n) is 2.99. The molecule has 1 aromatic carbocycles. The molecule has 0 spiro atoms. The van der Waals surface area contributed by atoms with Gasteiger partial charge in [-0.2, -0.15) is 0 Å². The Morgan fingerprint density at radius 1 is 1.16 bits per heavy atom. The van der Waals surface area contributed by atoms with Crippen molar-refractivity contribution in [1.29, 1.82) is 0 Å². The Bertz CT molecular complexity index is 514. The smallest absolute Gasteiger partial charge is 0.191 e. The number of nitrogens with zero attached hydrogens (tertiary/aromatic N) is 3. The zero-order valence-electron chi connectivity index (χ0n) is 15.6. The van der Waals surface area contributed by atoms with Gasteiger partial charge in [-0.25, -0.2) is 4.99 Å². The second-order valence-electron chi connectivity index (χ2n) is 6.21. The molecule has 1 saturated heterocycles. The molecular weight excluding hydrogens is 427 g/mol. The van der Waals surface area contributed by atoms with E-state index < -0.39 is 0 Å². The molecule has 0 amide bonds. The average Bonchev–Trinajstić information content (AvgIpc) is 2.65. The molecule has 6 heteroatoms. The predicted octanol–water partition coefficient (Wildman–Crippen LogP) is 3.33. The Kier molecular flexibility index (Phi) is 10.9. The molecule has 0 aliphatic carbocycles. The number of likely N-dealkylation sites (tertiary alicyclic amines) is 1. The molecule has 142 valence electrons. The van der Waals surface area contributed by atoms with Gasteiger partial charge in [0.1, 0.15) is 12.4 Å². The van der Waals surface area contributed by atoms with Gasteiger partial charge < -0.3 is 20.3 Å². The van der Waals surface area contributed by atoms with Crippen LogP contribution >= 0.6 is 24.0 Å². The number of para-hydroxylation sites is 1. The highest BCUT2D eigenvalue weighted by atomic mass is 127. The Hall–Kier alpha value is -1.02. The SMILES string of the molecule is CCN(CC)CCOc1ccccc1CN=C(N)N1CCCCC1.I. The van der Waals surface area contributed by atoms with Crippen LogP contribution in [0.2, 0.25) is 0 Å². The lowest BCUT2D eigenvalue weighted by Crippen LogP contribution is -2.40. The largest absolute Gasteiger partial charge is 0.492 e. The third-order valence-corrected chi connectivity index (χ3v) is 4.62. The van der Waals surface area contributed by atoms with Crippen molar-refractivity contribution < 1.29 is 4.74 Å². The van der Waals surface area contributed by atoms with Crippen LogP contribution in [0, 0.1) is 0 Å². The number of hydrogen-bond acceptors (Lipinski definition) is 3. The molecule has 0 atom stereocenters. The Balaban J connectivity index is 0.00000312. The first-order valence-electron chi connectivity index (χ1n) is 9.22. The quantitative estimate of drug-likeness (QED) is 0.368. The third-order valence-electron chi connectivity index (χ3n) is 4.62. The summed E-state index contributed by atoms with van der Waals surface area (Å²) in [6.45, 7) is 10.7. The van der Waals surface area contributed by atoms with Crippen molar-refractivity contribution in [2.45, 2.75) is 39.7 Å². The van der Waals surface area contributed by atoms with Crippen LogP contribution in [0.1, 0.15) is 38.7 Å². The topological polar surface area (TPSA) is 54.1 Å². The standard InChI is InChI=1S/C19H32N4O.HI/c1-3-22(4-2)14-15-24-18-11-7-6-10-17(18)16-21-19(20)23-12-8-5-9-13-23;/h6-7,10-11H,3-5,8-9,12-16H2,1-2H3,(H2,20,21);1H. The van der Waals surface area contributed by atoms with E-state index in [1.165, 1.54) is 19.3 Å². The molecule has 1 heterocycles. The molecular formula is C19H33IN4O. The first-order valence-corrected chi connectivity index (χ1v) is 9.22. The zero-order chi connectivity index (χ0) is 17.2. The average molecular weight is 460 g/mol. The molecule has 1 aromatic rings. The Morgan fingerprint density at radius 2 is 1.84 bits per heavy atom. The van der Waals surface area contributed by atoms with Crippen molar-refractivity contribution in [2.75, 3.05) is 39.3 Å². The minimum atomic E-state index is 0. The monoisotopic (exact) mass is 460 g/mol. The molecule has 5 nitrogen and oxygen atoms in total. The fourth-order valence-corrected chi connectivity index (χ4v) is 2.99. The second kappa shape index (κ2) is 12.4. The summed E-state index contributed by atoms with van der Waals surface area (Å²) in [7, 11) is 0. The van der Waals surface area contributed by atoms with Gasteiger partial charge in [0, 0.05) is 25.2 Å². The van der Waals surface area contributed by atoms with Crippen molar-refractivity contribution in [2.24, 2.45) is 10.7 Å². The fraction of sp³-hybridized carbons (Fsp3) is 0.632. The van der Waals surface area contributed by atoms with E-state index in [0.717, 1.165) is 44.0 Å². The van der Waals surface area contributed by atoms with Gasteiger partial charge in [0.15, 0.2) is 5.96 Å². The van der Waals surface area contributed by atoms with Crippen LogP contribution in [0.5, 0.6) is 5.75 Å². The highest BCUT2D eigenvalue weighted by molar-refractivity contribution is 14.0. The summed E-state index contributed by atoms with van der Waals surface area (Å²) in [4.78, 5) is 9.13. The number of hydrogen-bond donors (Lipinski definition) is 1. The number of halogens is 1. The minimum absolute atomic E-state index is 0. The number of benzene rings is 1. The lowest BCUT2D eigenvalue weighted by Gasteiger charge is -2.27. The summed E-state index contributed by atoms with van der Waals surface area (Å²) in [5.74, 6) is 1.58. The molecule has 1 aliphatic rings. The van der Waals surface area contributed by atoms with Crippen LogP contribution in [0.15, 0.2) is 29.3 Å². The molecule has 2 N–H and O–H groups in total. The van der Waals surface area contributed by atoms with Crippen LogP contribution in [0.25, 0.3) is 0 Å². The first kappa shape index (κ1) is 22.0.